The smallest absolute Gasteiger partial charge is 0.269 e. The number of hydrogen-bond donors (Lipinski definition) is 2. The normalized spacial score (nSPS) is 16.2. The van der Waals surface area contributed by atoms with Gasteiger partial charge < -0.3 is 9.64 Å². The molecule has 0 saturated carbocycles. The van der Waals surface area contributed by atoms with Crippen LogP contribution < -0.4 is 10.3 Å². The molecule has 0 radical (unpaired) electrons. The van der Waals surface area contributed by atoms with Crippen LogP contribution in [-0.2, 0) is 19.6 Å². The lowest BCUT2D eigenvalue weighted by Crippen LogP contribution is -2.44. The topological polar surface area (TPSA) is 105 Å². The number of amides is 2. The van der Waals surface area contributed by atoms with Gasteiger partial charge >= 0.3 is 0 Å². The van der Waals surface area contributed by atoms with Crippen LogP contribution in [0.2, 0.25) is 0 Å². The number of halogens is 1. The zero-order valence-electron chi connectivity index (χ0n) is 17.9. The molecule has 1 unspecified atom stereocenters. The van der Waals surface area contributed by atoms with Crippen molar-refractivity contribution in [2.24, 2.45) is 5.92 Å². The minimum Gasteiger partial charge on any atom is -0.375 e. The second kappa shape index (κ2) is 10.2. The van der Waals surface area contributed by atoms with Crippen LogP contribution in [0.1, 0.15) is 22.3 Å². The maximum atomic E-state index is 14.6. The number of hydrazine groups is 1. The number of rotatable bonds is 8. The number of benzene rings is 2. The first-order valence-electron chi connectivity index (χ1n) is 10.1. The molecule has 2 aromatic carbocycles. The molecule has 10 heteroatoms. The Morgan fingerprint density at radius 2 is 1.91 bits per heavy atom. The summed E-state index contributed by atoms with van der Waals surface area (Å²) in [6.45, 7) is 2.23. The van der Waals surface area contributed by atoms with Gasteiger partial charge in [0.1, 0.15) is 12.4 Å². The zero-order valence-corrected chi connectivity index (χ0v) is 18.7. The summed E-state index contributed by atoms with van der Waals surface area (Å²) in [6, 6.07) is 12.2. The molecule has 2 aromatic rings. The van der Waals surface area contributed by atoms with E-state index in [1.165, 1.54) is 13.2 Å². The standard InChI is InChI=1S/C22H26FN3O5S/c1-15-10-18(17-6-4-3-5-7-17)11-19(21(15)23)22(28)24-25-32(29,30)14-16-8-9-26(12-16)20(27)13-31-2/h3-7,10-11,16,25H,8-9,12-14H2,1-2H3,(H,24,28). The average Bonchev–Trinajstić information content (AvgIpc) is 3.22. The van der Waals surface area contributed by atoms with Crippen LogP contribution >= 0.6 is 0 Å². The van der Waals surface area contributed by atoms with Crippen molar-refractivity contribution in [1.82, 2.24) is 15.2 Å². The van der Waals surface area contributed by atoms with Gasteiger partial charge in [0.15, 0.2) is 0 Å². The van der Waals surface area contributed by atoms with Gasteiger partial charge in [-0.3, -0.25) is 15.0 Å². The van der Waals surface area contributed by atoms with E-state index in [1.807, 2.05) is 35.2 Å². The molecule has 1 fully saturated rings. The van der Waals surface area contributed by atoms with E-state index in [1.54, 1.807) is 17.9 Å². The highest BCUT2D eigenvalue weighted by atomic mass is 32.2. The Hall–Kier alpha value is -2.82. The maximum absolute atomic E-state index is 14.6. The first-order chi connectivity index (χ1) is 15.2. The van der Waals surface area contributed by atoms with Crippen molar-refractivity contribution in [3.63, 3.8) is 0 Å². The van der Waals surface area contributed by atoms with Crippen LogP contribution in [0.3, 0.4) is 0 Å². The Bertz CT molecular complexity index is 1090. The summed E-state index contributed by atoms with van der Waals surface area (Å²) in [4.78, 5) is 28.0. The minimum atomic E-state index is -3.89. The molecule has 1 atom stereocenters. The second-order valence-corrected chi connectivity index (χ2v) is 9.55. The number of sulfonamides is 1. The van der Waals surface area contributed by atoms with E-state index in [0.29, 0.717) is 25.1 Å². The van der Waals surface area contributed by atoms with Crippen molar-refractivity contribution in [2.45, 2.75) is 13.3 Å². The molecule has 0 aromatic heterocycles. The highest BCUT2D eigenvalue weighted by molar-refractivity contribution is 7.89. The molecule has 0 spiro atoms. The molecule has 2 N–H and O–H groups in total. The number of carbonyl (C=O) groups is 2. The highest BCUT2D eigenvalue weighted by Gasteiger charge is 2.30. The van der Waals surface area contributed by atoms with Crippen molar-refractivity contribution in [3.8, 4) is 11.1 Å². The van der Waals surface area contributed by atoms with Gasteiger partial charge in [0.25, 0.3) is 5.91 Å². The van der Waals surface area contributed by atoms with E-state index in [9.17, 15) is 22.4 Å². The maximum Gasteiger partial charge on any atom is 0.269 e. The molecule has 0 aliphatic carbocycles. The summed E-state index contributed by atoms with van der Waals surface area (Å²) < 4.78 is 44.2. The lowest BCUT2D eigenvalue weighted by molar-refractivity contribution is -0.134. The first-order valence-corrected chi connectivity index (χ1v) is 11.8. The lowest BCUT2D eigenvalue weighted by atomic mass is 9.99. The molecule has 1 aliphatic heterocycles. The van der Waals surface area contributed by atoms with Gasteiger partial charge in [0, 0.05) is 20.2 Å². The predicted octanol–water partition coefficient (Wildman–Crippen LogP) is 1.86. The molecule has 1 aliphatic rings. The summed E-state index contributed by atoms with van der Waals surface area (Å²) >= 11 is 0. The van der Waals surface area contributed by atoms with Gasteiger partial charge in [0.2, 0.25) is 15.9 Å². The fourth-order valence-corrected chi connectivity index (χ4v) is 4.91. The molecule has 32 heavy (non-hydrogen) atoms. The first kappa shape index (κ1) is 23.8. The molecule has 0 bridgehead atoms. The number of aryl methyl sites for hydroxylation is 1. The lowest BCUT2D eigenvalue weighted by Gasteiger charge is -2.16. The molecule has 8 nitrogen and oxygen atoms in total. The minimum absolute atomic E-state index is 0.0548. The zero-order chi connectivity index (χ0) is 23.3. The number of likely N-dealkylation sites (tertiary alicyclic amines) is 1. The van der Waals surface area contributed by atoms with E-state index < -0.39 is 21.7 Å². The summed E-state index contributed by atoms with van der Waals surface area (Å²) in [5.41, 5.74) is 3.55. The van der Waals surface area contributed by atoms with Crippen molar-refractivity contribution < 1.29 is 27.1 Å². The number of nitrogens with zero attached hydrogens (tertiary/aromatic N) is 1. The molecular weight excluding hydrogens is 437 g/mol. The summed E-state index contributed by atoms with van der Waals surface area (Å²) in [5.74, 6) is -2.35. The fraction of sp³-hybridized carbons (Fsp3) is 0.364. The number of ether oxygens (including phenoxy) is 1. The third kappa shape index (κ3) is 5.90. The SMILES string of the molecule is COCC(=O)N1CCC(CS(=O)(=O)NNC(=O)c2cc(-c3ccccc3)cc(C)c2F)C1. The molecule has 1 saturated heterocycles. The summed E-state index contributed by atoms with van der Waals surface area (Å²) in [5, 5.41) is 0. The molecular formula is C22H26FN3O5S. The number of nitrogens with one attached hydrogen (secondary N) is 2. The third-order valence-electron chi connectivity index (χ3n) is 5.29. The predicted molar refractivity (Wildman–Crippen MR) is 118 cm³/mol. The van der Waals surface area contributed by atoms with Gasteiger partial charge in [0.05, 0.1) is 11.3 Å². The Balaban J connectivity index is 1.64. The molecule has 1 heterocycles. The van der Waals surface area contributed by atoms with E-state index >= 15 is 0 Å². The van der Waals surface area contributed by atoms with Crippen LogP contribution in [0.15, 0.2) is 42.5 Å². The van der Waals surface area contributed by atoms with E-state index in [0.717, 1.165) is 5.56 Å². The number of methoxy groups -OCH3 is 1. The van der Waals surface area contributed by atoms with E-state index in [-0.39, 0.29) is 35.3 Å². The van der Waals surface area contributed by atoms with Crippen LogP contribution in [0.5, 0.6) is 0 Å². The highest BCUT2D eigenvalue weighted by Crippen LogP contribution is 2.25. The largest absolute Gasteiger partial charge is 0.375 e. The summed E-state index contributed by atoms with van der Waals surface area (Å²) in [7, 11) is -2.47. The molecule has 2 amide bonds. The summed E-state index contributed by atoms with van der Waals surface area (Å²) in [6.07, 6.45) is 0.525. The quantitative estimate of drug-likeness (QED) is 0.582. The van der Waals surface area contributed by atoms with E-state index in [4.69, 9.17) is 4.74 Å². The van der Waals surface area contributed by atoms with Gasteiger partial charge in [-0.15, -0.1) is 4.83 Å². The monoisotopic (exact) mass is 463 g/mol. The average molecular weight is 464 g/mol. The second-order valence-electron chi connectivity index (χ2n) is 7.79. The van der Waals surface area contributed by atoms with Gasteiger partial charge in [-0.1, -0.05) is 30.3 Å². The fourth-order valence-electron chi connectivity index (χ4n) is 3.69. The van der Waals surface area contributed by atoms with E-state index in [2.05, 4.69) is 5.43 Å². The van der Waals surface area contributed by atoms with Crippen molar-refractivity contribution in [2.75, 3.05) is 32.6 Å². The Kier molecular flexibility index (Phi) is 7.60. The molecule has 3 rings (SSSR count). The van der Waals surface area contributed by atoms with Crippen molar-refractivity contribution in [3.05, 3.63) is 59.4 Å². The van der Waals surface area contributed by atoms with Crippen LogP contribution in [-0.4, -0.2) is 57.7 Å². The number of carbonyl (C=O) groups excluding carboxylic acids is 2. The third-order valence-corrected chi connectivity index (χ3v) is 6.61. The number of hydrogen-bond acceptors (Lipinski definition) is 5. The Morgan fingerprint density at radius 3 is 2.59 bits per heavy atom. The van der Waals surface area contributed by atoms with Crippen LogP contribution in [0.4, 0.5) is 4.39 Å². The van der Waals surface area contributed by atoms with Gasteiger partial charge in [-0.2, -0.15) is 0 Å². The van der Waals surface area contributed by atoms with Gasteiger partial charge in [-0.05, 0) is 48.1 Å². The Labute approximate surface area is 186 Å². The van der Waals surface area contributed by atoms with Crippen molar-refractivity contribution >= 4 is 21.8 Å². The Morgan fingerprint density at radius 1 is 1.19 bits per heavy atom. The van der Waals surface area contributed by atoms with Crippen molar-refractivity contribution in [1.29, 1.82) is 0 Å². The molecule has 172 valence electrons. The van der Waals surface area contributed by atoms with Crippen LogP contribution in [0, 0.1) is 18.7 Å². The van der Waals surface area contributed by atoms with Crippen LogP contribution in [0.25, 0.3) is 11.1 Å². The van der Waals surface area contributed by atoms with Gasteiger partial charge in [-0.25, -0.2) is 12.8 Å².